The third kappa shape index (κ3) is 4.84. The van der Waals surface area contributed by atoms with Crippen LogP contribution in [0.3, 0.4) is 0 Å². The standard InChI is InChI=1S/C24H31N11O3S/c1-33(20-6-18-3-2-4-19(7-20)35(18)39(37,38)34-12-15(9-25)13-34)24-28-21(16-10-26-27-11-16)8-22(30-24)29-23-5-17(14-36)31-32-23/h5,8,10-11,15,18-20,36H,2-4,6-7,12-14H2,1H3,(H,26,27)(H2,28,29,30,31,32)/t18-,19+,20?. The molecular weight excluding hydrogens is 522 g/mol. The molecule has 15 heteroatoms. The summed E-state index contributed by atoms with van der Waals surface area (Å²) in [6, 6.07) is 5.51. The summed E-state index contributed by atoms with van der Waals surface area (Å²) >= 11 is 0. The zero-order chi connectivity index (χ0) is 27.1. The van der Waals surface area contributed by atoms with Crippen LogP contribution < -0.4 is 10.2 Å². The molecule has 3 fully saturated rings. The van der Waals surface area contributed by atoms with E-state index < -0.39 is 10.2 Å². The minimum atomic E-state index is -3.60. The van der Waals surface area contributed by atoms with Crippen LogP contribution in [0.2, 0.25) is 0 Å². The van der Waals surface area contributed by atoms with Crippen LogP contribution in [0.4, 0.5) is 17.6 Å². The van der Waals surface area contributed by atoms with Gasteiger partial charge >= 0.3 is 0 Å². The molecule has 4 N–H and O–H groups in total. The number of nitrogens with one attached hydrogen (secondary N) is 3. The van der Waals surface area contributed by atoms with E-state index in [0.29, 0.717) is 41.8 Å². The predicted molar refractivity (Wildman–Crippen MR) is 142 cm³/mol. The first-order valence-electron chi connectivity index (χ1n) is 13.1. The van der Waals surface area contributed by atoms with Crippen molar-refractivity contribution >= 4 is 27.8 Å². The third-order valence-electron chi connectivity index (χ3n) is 7.94. The number of nitrogens with zero attached hydrogens (tertiary/aromatic N) is 8. The fourth-order valence-electron chi connectivity index (χ4n) is 5.84. The number of rotatable bonds is 8. The summed E-state index contributed by atoms with van der Waals surface area (Å²) in [7, 11) is -1.65. The number of aliphatic hydroxyl groups excluding tert-OH is 1. The lowest BCUT2D eigenvalue weighted by Crippen LogP contribution is -2.64. The second kappa shape index (κ2) is 10.2. The summed E-state index contributed by atoms with van der Waals surface area (Å²) in [4.78, 5) is 11.6. The van der Waals surface area contributed by atoms with Gasteiger partial charge in [0.2, 0.25) is 5.95 Å². The number of H-pyrrole nitrogens is 2. The third-order valence-corrected chi connectivity index (χ3v) is 10.0. The largest absolute Gasteiger partial charge is 0.390 e. The maximum absolute atomic E-state index is 13.5. The van der Waals surface area contributed by atoms with Crippen molar-refractivity contribution in [1.29, 1.82) is 5.26 Å². The summed E-state index contributed by atoms with van der Waals surface area (Å²) in [5.74, 6) is 1.33. The number of nitriles is 1. The molecule has 1 unspecified atom stereocenters. The highest BCUT2D eigenvalue weighted by atomic mass is 32.2. The van der Waals surface area contributed by atoms with Gasteiger partial charge in [0.15, 0.2) is 5.82 Å². The molecule has 0 radical (unpaired) electrons. The van der Waals surface area contributed by atoms with Crippen molar-refractivity contribution in [1.82, 2.24) is 39.0 Å². The topological polar surface area (TPSA) is 183 Å². The van der Waals surface area contributed by atoms with Gasteiger partial charge in [-0.05, 0) is 25.7 Å². The lowest BCUT2D eigenvalue weighted by Gasteiger charge is -2.51. The molecule has 3 saturated heterocycles. The predicted octanol–water partition coefficient (Wildman–Crippen LogP) is 1.35. The van der Waals surface area contributed by atoms with E-state index in [9.17, 15) is 13.5 Å². The number of aliphatic hydroxyl groups is 1. The van der Waals surface area contributed by atoms with Crippen molar-refractivity contribution in [2.24, 2.45) is 5.92 Å². The normalized spacial score (nSPS) is 24.2. The first kappa shape index (κ1) is 25.7. The molecule has 14 nitrogen and oxygen atoms in total. The van der Waals surface area contributed by atoms with Crippen LogP contribution in [-0.2, 0) is 16.8 Å². The number of hydrogen-bond acceptors (Lipinski definition) is 10. The van der Waals surface area contributed by atoms with E-state index in [2.05, 4.69) is 31.8 Å². The summed E-state index contributed by atoms with van der Waals surface area (Å²) < 4.78 is 30.1. The minimum Gasteiger partial charge on any atom is -0.390 e. The van der Waals surface area contributed by atoms with Gasteiger partial charge in [-0.2, -0.15) is 37.5 Å². The zero-order valence-electron chi connectivity index (χ0n) is 21.5. The van der Waals surface area contributed by atoms with Gasteiger partial charge in [0.1, 0.15) is 5.82 Å². The second-order valence-corrected chi connectivity index (χ2v) is 12.3. The Morgan fingerprint density at radius 1 is 1.21 bits per heavy atom. The molecule has 3 aliphatic heterocycles. The molecule has 3 aromatic rings. The van der Waals surface area contributed by atoms with Gasteiger partial charge in [-0.1, -0.05) is 6.42 Å². The molecule has 0 saturated carbocycles. The highest BCUT2D eigenvalue weighted by Gasteiger charge is 2.50. The molecule has 6 heterocycles. The van der Waals surface area contributed by atoms with E-state index in [1.807, 2.05) is 11.9 Å². The molecule has 0 amide bonds. The number of aromatic amines is 2. The summed E-state index contributed by atoms with van der Waals surface area (Å²) in [6.07, 6.45) is 7.41. The molecule has 6 rings (SSSR count). The molecule has 206 valence electrons. The van der Waals surface area contributed by atoms with Crippen LogP contribution in [0.15, 0.2) is 24.5 Å². The van der Waals surface area contributed by atoms with Gasteiger partial charge in [-0.15, -0.1) is 0 Å². The monoisotopic (exact) mass is 553 g/mol. The van der Waals surface area contributed by atoms with Gasteiger partial charge in [-0.25, -0.2) is 4.98 Å². The Labute approximate surface area is 226 Å². The molecule has 2 bridgehead atoms. The maximum Gasteiger partial charge on any atom is 0.282 e. The van der Waals surface area contributed by atoms with E-state index in [-0.39, 0.29) is 43.7 Å². The number of aromatic nitrogens is 6. The zero-order valence-corrected chi connectivity index (χ0v) is 22.3. The van der Waals surface area contributed by atoms with Crippen LogP contribution in [-0.4, -0.2) is 90.8 Å². The van der Waals surface area contributed by atoms with E-state index >= 15 is 0 Å². The molecule has 0 aliphatic carbocycles. The summed E-state index contributed by atoms with van der Waals surface area (Å²) in [5.41, 5.74) is 2.05. The number of anilines is 3. The minimum absolute atomic E-state index is 0.0498. The van der Waals surface area contributed by atoms with Crippen LogP contribution >= 0.6 is 0 Å². The van der Waals surface area contributed by atoms with Gasteiger partial charge in [-0.3, -0.25) is 10.2 Å². The first-order chi connectivity index (χ1) is 18.9. The van der Waals surface area contributed by atoms with E-state index in [1.54, 1.807) is 28.8 Å². The first-order valence-corrected chi connectivity index (χ1v) is 14.5. The van der Waals surface area contributed by atoms with Gasteiger partial charge in [0, 0.05) is 62.2 Å². The van der Waals surface area contributed by atoms with Gasteiger partial charge in [0.05, 0.1) is 36.2 Å². The Hall–Kier alpha value is -3.58. The van der Waals surface area contributed by atoms with Gasteiger partial charge < -0.3 is 15.3 Å². The molecule has 39 heavy (non-hydrogen) atoms. The molecule has 0 aromatic carbocycles. The van der Waals surface area contributed by atoms with Crippen LogP contribution in [0.5, 0.6) is 0 Å². The molecule has 3 aromatic heterocycles. The van der Waals surface area contributed by atoms with Crippen molar-refractivity contribution in [2.75, 3.05) is 30.4 Å². The Morgan fingerprint density at radius 2 is 1.97 bits per heavy atom. The highest BCUT2D eigenvalue weighted by Crippen LogP contribution is 2.40. The van der Waals surface area contributed by atoms with Crippen LogP contribution in [0.1, 0.15) is 37.8 Å². The maximum atomic E-state index is 13.5. The summed E-state index contributed by atoms with van der Waals surface area (Å²) in [6.45, 7) is 0.400. The Balaban J connectivity index is 1.25. The lowest BCUT2D eigenvalue weighted by atomic mass is 9.83. The lowest BCUT2D eigenvalue weighted by molar-refractivity contribution is 0.0930. The van der Waals surface area contributed by atoms with Gasteiger partial charge in [0.25, 0.3) is 10.2 Å². The molecule has 3 aliphatic rings. The number of piperidine rings is 2. The van der Waals surface area contributed by atoms with Crippen molar-refractivity contribution < 1.29 is 13.5 Å². The molecule has 0 spiro atoms. The van der Waals surface area contributed by atoms with Crippen molar-refractivity contribution in [3.63, 3.8) is 0 Å². The fourth-order valence-corrected chi connectivity index (χ4v) is 7.98. The average Bonchev–Trinajstić information content (AvgIpc) is 3.59. The number of fused-ring (bicyclic) bond motifs is 2. The molecule has 3 atom stereocenters. The van der Waals surface area contributed by atoms with Crippen LogP contribution in [0, 0.1) is 17.2 Å². The summed E-state index contributed by atoms with van der Waals surface area (Å²) in [5, 5.41) is 35.5. The van der Waals surface area contributed by atoms with Crippen molar-refractivity contribution in [3.8, 4) is 17.3 Å². The smallest absolute Gasteiger partial charge is 0.282 e. The van der Waals surface area contributed by atoms with E-state index in [4.69, 9.17) is 15.2 Å². The number of hydrogen-bond donors (Lipinski definition) is 4. The molecular formula is C24H31N11O3S. The highest BCUT2D eigenvalue weighted by molar-refractivity contribution is 7.86. The van der Waals surface area contributed by atoms with Crippen molar-refractivity contribution in [3.05, 3.63) is 30.2 Å². The Morgan fingerprint density at radius 3 is 2.62 bits per heavy atom. The van der Waals surface area contributed by atoms with Crippen molar-refractivity contribution in [2.45, 2.75) is 56.8 Å². The average molecular weight is 554 g/mol. The quantitative estimate of drug-likeness (QED) is 0.317. The SMILES string of the molecule is CN(c1nc(Nc2cc(CO)[nH]n2)cc(-c2cn[nH]c2)n1)C1C[C@H]2CCC[C@@H](C1)N2S(=O)(=O)N1CC(C#N)C1. The second-order valence-electron chi connectivity index (χ2n) is 10.4. The Bertz CT molecular complexity index is 1450. The van der Waals surface area contributed by atoms with Crippen LogP contribution in [0.25, 0.3) is 11.3 Å². The fraction of sp³-hybridized carbons (Fsp3) is 0.542. The Kier molecular flexibility index (Phi) is 6.71. The van der Waals surface area contributed by atoms with E-state index in [1.165, 1.54) is 4.31 Å². The van der Waals surface area contributed by atoms with E-state index in [0.717, 1.165) is 24.8 Å².